The van der Waals surface area contributed by atoms with Gasteiger partial charge in [-0.05, 0) is 45.6 Å². The molecule has 0 radical (unpaired) electrons. The second kappa shape index (κ2) is 6.52. The van der Waals surface area contributed by atoms with Crippen molar-refractivity contribution in [2.75, 3.05) is 27.7 Å². The average Bonchev–Trinajstić information content (AvgIpc) is 2.39. The molecule has 5 heteroatoms. The minimum absolute atomic E-state index is 0.0310. The van der Waals surface area contributed by atoms with Gasteiger partial charge in [0.2, 0.25) is 0 Å². The van der Waals surface area contributed by atoms with E-state index >= 15 is 0 Å². The van der Waals surface area contributed by atoms with Gasteiger partial charge in [0.1, 0.15) is 0 Å². The molecule has 19 heavy (non-hydrogen) atoms. The molecule has 0 aliphatic heterocycles. The Kier molecular flexibility index (Phi) is 5.30. The molecule has 0 bridgehead atoms. The summed E-state index contributed by atoms with van der Waals surface area (Å²) in [5, 5.41) is 0. The quantitative estimate of drug-likeness (QED) is 0.841. The minimum Gasteiger partial charge on any atom is -0.407 e. The molecule has 0 N–H and O–H groups in total. The maximum Gasteiger partial charge on any atom is 0.415 e. The lowest BCUT2D eigenvalue weighted by Gasteiger charge is -2.21. The summed E-state index contributed by atoms with van der Waals surface area (Å²) >= 11 is 0. The van der Waals surface area contributed by atoms with Gasteiger partial charge in [0.25, 0.3) is 0 Å². The van der Waals surface area contributed by atoms with Crippen LogP contribution in [0, 0.1) is 5.82 Å². The van der Waals surface area contributed by atoms with Crippen molar-refractivity contribution in [3.05, 3.63) is 29.6 Å². The van der Waals surface area contributed by atoms with Crippen LogP contribution in [0.5, 0.6) is 5.75 Å². The summed E-state index contributed by atoms with van der Waals surface area (Å²) in [7, 11) is 5.47. The molecular weight excluding hydrogens is 247 g/mol. The lowest BCUT2D eigenvalue weighted by molar-refractivity contribution is 0.163. The monoisotopic (exact) mass is 268 g/mol. The first-order valence-corrected chi connectivity index (χ1v) is 6.25. The van der Waals surface area contributed by atoms with Crippen molar-refractivity contribution < 1.29 is 13.9 Å². The third-order valence-corrected chi connectivity index (χ3v) is 3.20. The predicted octanol–water partition coefficient (Wildman–Crippen LogP) is 2.90. The van der Waals surface area contributed by atoms with E-state index in [0.29, 0.717) is 6.54 Å². The Morgan fingerprint density at radius 1 is 1.37 bits per heavy atom. The molecule has 1 atom stereocenters. The molecule has 0 aliphatic rings. The first-order valence-electron chi connectivity index (χ1n) is 6.25. The van der Waals surface area contributed by atoms with Crippen LogP contribution in [-0.2, 0) is 0 Å². The fourth-order valence-electron chi connectivity index (χ4n) is 1.46. The molecule has 1 rings (SSSR count). The van der Waals surface area contributed by atoms with E-state index in [9.17, 15) is 9.18 Å². The average molecular weight is 268 g/mol. The van der Waals surface area contributed by atoms with E-state index in [1.807, 2.05) is 32.8 Å². The standard InChI is InChI=1S/C14H21FN2O2/c1-6-17(5)14(18)19-13-9-11(7-8-12(13)15)10(2)16(3)4/h7-10H,6H2,1-5H3/t10-/m0/s1. The van der Waals surface area contributed by atoms with Crippen molar-refractivity contribution in [3.8, 4) is 5.75 Å². The zero-order valence-corrected chi connectivity index (χ0v) is 12.1. The predicted molar refractivity (Wildman–Crippen MR) is 72.8 cm³/mol. The summed E-state index contributed by atoms with van der Waals surface area (Å²) in [5.74, 6) is -0.566. The second-order valence-electron chi connectivity index (χ2n) is 4.71. The first-order chi connectivity index (χ1) is 8.86. The van der Waals surface area contributed by atoms with Crippen LogP contribution in [0.3, 0.4) is 0 Å². The third-order valence-electron chi connectivity index (χ3n) is 3.20. The van der Waals surface area contributed by atoms with E-state index in [4.69, 9.17) is 4.74 Å². The Hall–Kier alpha value is -1.62. The summed E-state index contributed by atoms with van der Waals surface area (Å²) in [6.45, 7) is 4.33. The van der Waals surface area contributed by atoms with Crippen LogP contribution in [0.4, 0.5) is 9.18 Å². The van der Waals surface area contributed by atoms with E-state index in [1.54, 1.807) is 19.2 Å². The van der Waals surface area contributed by atoms with Gasteiger partial charge in [-0.2, -0.15) is 0 Å². The van der Waals surface area contributed by atoms with Gasteiger partial charge in [0.15, 0.2) is 11.6 Å². The lowest BCUT2D eigenvalue weighted by atomic mass is 10.1. The van der Waals surface area contributed by atoms with Crippen LogP contribution in [0.1, 0.15) is 25.5 Å². The van der Waals surface area contributed by atoms with Gasteiger partial charge in [0.05, 0.1) is 0 Å². The molecule has 0 heterocycles. The lowest BCUT2D eigenvalue weighted by Crippen LogP contribution is -2.29. The third kappa shape index (κ3) is 3.92. The smallest absolute Gasteiger partial charge is 0.407 e. The maximum atomic E-state index is 13.7. The number of halogens is 1. The van der Waals surface area contributed by atoms with Gasteiger partial charge in [0, 0.05) is 19.6 Å². The molecule has 0 saturated heterocycles. The Morgan fingerprint density at radius 2 is 2.00 bits per heavy atom. The molecule has 0 fully saturated rings. The molecule has 4 nitrogen and oxygen atoms in total. The molecule has 0 spiro atoms. The van der Waals surface area contributed by atoms with E-state index < -0.39 is 11.9 Å². The summed E-state index contributed by atoms with van der Waals surface area (Å²) in [5.41, 5.74) is 0.897. The molecule has 0 saturated carbocycles. The highest BCUT2D eigenvalue weighted by atomic mass is 19.1. The van der Waals surface area contributed by atoms with Gasteiger partial charge in [-0.1, -0.05) is 6.07 Å². The summed E-state index contributed by atoms with van der Waals surface area (Å²) in [6.07, 6.45) is -0.559. The number of carbonyl (C=O) groups is 1. The van der Waals surface area contributed by atoms with Crippen LogP contribution in [0.25, 0.3) is 0 Å². The number of nitrogens with zero attached hydrogens (tertiary/aromatic N) is 2. The van der Waals surface area contributed by atoms with Crippen molar-refractivity contribution in [1.29, 1.82) is 0 Å². The molecule has 1 aromatic rings. The van der Waals surface area contributed by atoms with Crippen molar-refractivity contribution >= 4 is 6.09 Å². The Labute approximate surface area is 113 Å². The molecular formula is C14H21FN2O2. The van der Waals surface area contributed by atoms with Crippen LogP contribution in [-0.4, -0.2) is 43.6 Å². The highest BCUT2D eigenvalue weighted by Crippen LogP contribution is 2.25. The first kappa shape index (κ1) is 15.4. The van der Waals surface area contributed by atoms with E-state index in [1.165, 1.54) is 11.0 Å². The van der Waals surface area contributed by atoms with Gasteiger partial charge in [-0.3, -0.25) is 0 Å². The largest absolute Gasteiger partial charge is 0.415 e. The molecule has 1 aromatic carbocycles. The van der Waals surface area contributed by atoms with E-state index in [-0.39, 0.29) is 11.8 Å². The van der Waals surface area contributed by atoms with Crippen LogP contribution >= 0.6 is 0 Å². The summed E-state index contributed by atoms with van der Waals surface area (Å²) < 4.78 is 18.7. The number of ether oxygens (including phenoxy) is 1. The van der Waals surface area contributed by atoms with Crippen LogP contribution in [0.2, 0.25) is 0 Å². The van der Waals surface area contributed by atoms with E-state index in [0.717, 1.165) is 5.56 Å². The number of rotatable bonds is 4. The van der Waals surface area contributed by atoms with Gasteiger partial charge in [-0.15, -0.1) is 0 Å². The number of carbonyl (C=O) groups excluding carboxylic acids is 1. The van der Waals surface area contributed by atoms with E-state index in [2.05, 4.69) is 0 Å². The topological polar surface area (TPSA) is 32.8 Å². The van der Waals surface area contributed by atoms with Gasteiger partial charge < -0.3 is 14.5 Å². The Morgan fingerprint density at radius 3 is 2.53 bits per heavy atom. The SMILES string of the molecule is CCN(C)C(=O)Oc1cc([C@H](C)N(C)C)ccc1F. The Balaban J connectivity index is 2.95. The van der Waals surface area contributed by atoms with Crippen molar-refractivity contribution in [3.63, 3.8) is 0 Å². The summed E-state index contributed by atoms with van der Waals surface area (Å²) in [4.78, 5) is 15.0. The molecule has 1 amide bonds. The normalized spacial score (nSPS) is 12.4. The van der Waals surface area contributed by atoms with Crippen molar-refractivity contribution in [2.45, 2.75) is 19.9 Å². The van der Waals surface area contributed by atoms with Crippen LogP contribution < -0.4 is 4.74 Å². The van der Waals surface area contributed by atoms with Crippen molar-refractivity contribution in [1.82, 2.24) is 9.80 Å². The van der Waals surface area contributed by atoms with Crippen LogP contribution in [0.15, 0.2) is 18.2 Å². The number of amides is 1. The fraction of sp³-hybridized carbons (Fsp3) is 0.500. The number of hydrogen-bond acceptors (Lipinski definition) is 3. The van der Waals surface area contributed by atoms with Crippen molar-refractivity contribution in [2.24, 2.45) is 0 Å². The number of benzene rings is 1. The van der Waals surface area contributed by atoms with Gasteiger partial charge >= 0.3 is 6.09 Å². The highest BCUT2D eigenvalue weighted by molar-refractivity contribution is 5.70. The Bertz CT molecular complexity index is 449. The highest BCUT2D eigenvalue weighted by Gasteiger charge is 2.15. The number of hydrogen-bond donors (Lipinski definition) is 0. The molecule has 0 aromatic heterocycles. The zero-order valence-electron chi connectivity index (χ0n) is 12.1. The molecule has 0 aliphatic carbocycles. The second-order valence-corrected chi connectivity index (χ2v) is 4.71. The summed E-state index contributed by atoms with van der Waals surface area (Å²) in [6, 6.07) is 4.70. The van der Waals surface area contributed by atoms with Gasteiger partial charge in [-0.25, -0.2) is 9.18 Å². The molecule has 106 valence electrons. The fourth-order valence-corrected chi connectivity index (χ4v) is 1.46. The zero-order chi connectivity index (χ0) is 14.6. The maximum absolute atomic E-state index is 13.7. The molecule has 0 unspecified atom stereocenters. The minimum atomic E-state index is -0.559.